The van der Waals surface area contributed by atoms with Crippen molar-refractivity contribution >= 4 is 28.3 Å². The summed E-state index contributed by atoms with van der Waals surface area (Å²) < 4.78 is 0. The van der Waals surface area contributed by atoms with E-state index in [4.69, 9.17) is 11.6 Å². The van der Waals surface area contributed by atoms with Gasteiger partial charge in [-0.3, -0.25) is 4.79 Å². The third-order valence-corrected chi connectivity index (χ3v) is 3.13. The number of nitrogens with zero attached hydrogens (tertiary/aromatic N) is 1. The highest BCUT2D eigenvalue weighted by Gasteiger charge is 2.17. The molecule has 1 unspecified atom stereocenters. The Hall–Kier alpha value is -1.45. The molecule has 2 rings (SSSR count). The van der Waals surface area contributed by atoms with E-state index in [1.807, 2.05) is 38.1 Å². The lowest BCUT2D eigenvalue weighted by Crippen LogP contribution is -2.34. The van der Waals surface area contributed by atoms with Gasteiger partial charge in [-0.15, -0.1) is 0 Å². The van der Waals surface area contributed by atoms with Gasteiger partial charge in [0.05, 0.1) is 16.6 Å². The highest BCUT2D eigenvalue weighted by Crippen LogP contribution is 2.23. The molecule has 94 valence electrons. The number of carbonyl (C=O) groups is 1. The van der Waals surface area contributed by atoms with Crippen LogP contribution in [0.25, 0.3) is 10.9 Å². The number of hydrogen-bond acceptors (Lipinski definition) is 3. The second kappa shape index (κ2) is 5.46. The van der Waals surface area contributed by atoms with Gasteiger partial charge >= 0.3 is 0 Å². The molecule has 1 atom stereocenters. The first-order valence-electron chi connectivity index (χ1n) is 5.96. The van der Waals surface area contributed by atoms with E-state index in [0.717, 1.165) is 17.4 Å². The van der Waals surface area contributed by atoms with E-state index in [2.05, 4.69) is 10.3 Å². The van der Waals surface area contributed by atoms with Crippen molar-refractivity contribution in [3.8, 4) is 0 Å². The summed E-state index contributed by atoms with van der Waals surface area (Å²) in [7, 11) is 0. The number of fused-ring (bicyclic) bond motifs is 1. The van der Waals surface area contributed by atoms with Gasteiger partial charge in [0.1, 0.15) is 5.69 Å². The minimum atomic E-state index is -0.250. The summed E-state index contributed by atoms with van der Waals surface area (Å²) in [5.74, 6) is -0.0375. The van der Waals surface area contributed by atoms with Crippen LogP contribution in [0, 0.1) is 0 Å². The standard InChI is InChI=1S/C14H15ClN2O/c1-3-16-9(2)14(18)13-8-11(15)10-6-4-5-7-12(10)17-13/h4-9,16H,3H2,1-2H3. The largest absolute Gasteiger partial charge is 0.308 e. The van der Waals surface area contributed by atoms with E-state index >= 15 is 0 Å². The van der Waals surface area contributed by atoms with Crippen LogP contribution in [0.4, 0.5) is 0 Å². The monoisotopic (exact) mass is 262 g/mol. The Morgan fingerprint density at radius 1 is 1.44 bits per heavy atom. The highest BCUT2D eigenvalue weighted by molar-refractivity contribution is 6.35. The molecule has 2 aromatic rings. The van der Waals surface area contributed by atoms with Gasteiger partial charge in [0.25, 0.3) is 0 Å². The molecule has 0 radical (unpaired) electrons. The fourth-order valence-electron chi connectivity index (χ4n) is 1.88. The van der Waals surface area contributed by atoms with Crippen molar-refractivity contribution in [1.29, 1.82) is 0 Å². The number of aromatic nitrogens is 1. The van der Waals surface area contributed by atoms with Crippen molar-refractivity contribution in [2.45, 2.75) is 19.9 Å². The molecule has 0 spiro atoms. The van der Waals surface area contributed by atoms with Gasteiger partial charge in [-0.2, -0.15) is 0 Å². The zero-order chi connectivity index (χ0) is 13.1. The number of hydrogen-bond donors (Lipinski definition) is 1. The van der Waals surface area contributed by atoms with Crippen LogP contribution in [0.3, 0.4) is 0 Å². The zero-order valence-electron chi connectivity index (χ0n) is 10.4. The van der Waals surface area contributed by atoms with E-state index in [1.54, 1.807) is 6.07 Å². The Morgan fingerprint density at radius 2 is 2.17 bits per heavy atom. The van der Waals surface area contributed by atoms with Crippen molar-refractivity contribution in [1.82, 2.24) is 10.3 Å². The van der Waals surface area contributed by atoms with Crippen LogP contribution in [0.5, 0.6) is 0 Å². The van der Waals surface area contributed by atoms with Crippen LogP contribution in [-0.4, -0.2) is 23.4 Å². The maximum atomic E-state index is 12.1. The van der Waals surface area contributed by atoms with E-state index in [0.29, 0.717) is 10.7 Å². The fraction of sp³-hybridized carbons (Fsp3) is 0.286. The Labute approximate surface area is 111 Å². The Balaban J connectivity index is 2.43. The number of rotatable bonds is 4. The summed E-state index contributed by atoms with van der Waals surface area (Å²) in [6.45, 7) is 4.54. The molecule has 0 aliphatic carbocycles. The predicted molar refractivity (Wildman–Crippen MR) is 74.2 cm³/mol. The third-order valence-electron chi connectivity index (χ3n) is 2.82. The van der Waals surface area contributed by atoms with E-state index in [1.165, 1.54) is 0 Å². The maximum absolute atomic E-state index is 12.1. The molecule has 0 aliphatic heterocycles. The average Bonchev–Trinajstić information content (AvgIpc) is 2.38. The second-order valence-electron chi connectivity index (χ2n) is 4.15. The minimum Gasteiger partial charge on any atom is -0.308 e. The number of benzene rings is 1. The van der Waals surface area contributed by atoms with Gasteiger partial charge in [-0.1, -0.05) is 36.7 Å². The SMILES string of the molecule is CCNC(C)C(=O)c1cc(Cl)c2ccccc2n1. The molecule has 3 nitrogen and oxygen atoms in total. The third kappa shape index (κ3) is 2.52. The summed E-state index contributed by atoms with van der Waals surface area (Å²) in [5.41, 5.74) is 1.16. The van der Waals surface area contributed by atoms with Gasteiger partial charge in [0.2, 0.25) is 0 Å². The topological polar surface area (TPSA) is 42.0 Å². The van der Waals surface area contributed by atoms with Crippen molar-refractivity contribution in [3.05, 3.63) is 41.0 Å². The minimum absolute atomic E-state index is 0.0375. The first kappa shape index (κ1) is 13.0. The lowest BCUT2D eigenvalue weighted by atomic mass is 10.1. The van der Waals surface area contributed by atoms with Crippen LogP contribution in [0.1, 0.15) is 24.3 Å². The smallest absolute Gasteiger partial charge is 0.197 e. The molecule has 1 N–H and O–H groups in total. The molecule has 0 fully saturated rings. The van der Waals surface area contributed by atoms with Gasteiger partial charge in [-0.05, 0) is 25.6 Å². The van der Waals surface area contributed by atoms with E-state index < -0.39 is 0 Å². The van der Waals surface area contributed by atoms with Crippen LogP contribution < -0.4 is 5.32 Å². The Kier molecular flexibility index (Phi) is 3.94. The first-order chi connectivity index (χ1) is 8.63. The van der Waals surface area contributed by atoms with Gasteiger partial charge < -0.3 is 5.32 Å². The lowest BCUT2D eigenvalue weighted by molar-refractivity contribution is 0.0947. The molecule has 4 heteroatoms. The fourth-order valence-corrected chi connectivity index (χ4v) is 2.14. The quantitative estimate of drug-likeness (QED) is 0.861. The number of ketones is 1. The lowest BCUT2D eigenvalue weighted by Gasteiger charge is -2.11. The summed E-state index contributed by atoms with van der Waals surface area (Å²) in [5, 5.41) is 4.51. The van der Waals surface area contributed by atoms with Gasteiger partial charge in [-0.25, -0.2) is 4.98 Å². The average molecular weight is 263 g/mol. The molecule has 0 aliphatic rings. The van der Waals surface area contributed by atoms with Crippen LogP contribution in [0.2, 0.25) is 5.02 Å². The molecule has 0 saturated heterocycles. The van der Waals surface area contributed by atoms with Crippen molar-refractivity contribution in [2.24, 2.45) is 0 Å². The molecule has 0 amide bonds. The molecule has 1 heterocycles. The van der Waals surface area contributed by atoms with Crippen LogP contribution in [0.15, 0.2) is 30.3 Å². The van der Waals surface area contributed by atoms with Crippen LogP contribution >= 0.6 is 11.6 Å². The first-order valence-corrected chi connectivity index (χ1v) is 6.34. The number of Topliss-reactive ketones (excluding diaryl/α,β-unsaturated/α-hetero) is 1. The van der Waals surface area contributed by atoms with E-state index in [9.17, 15) is 4.79 Å². The molecular formula is C14H15ClN2O. The molecule has 18 heavy (non-hydrogen) atoms. The molecule has 1 aromatic heterocycles. The molecule has 1 aromatic carbocycles. The van der Waals surface area contributed by atoms with Crippen LogP contribution in [-0.2, 0) is 0 Å². The van der Waals surface area contributed by atoms with Crippen molar-refractivity contribution in [2.75, 3.05) is 6.54 Å². The van der Waals surface area contributed by atoms with E-state index in [-0.39, 0.29) is 11.8 Å². The number of para-hydroxylation sites is 1. The Morgan fingerprint density at radius 3 is 2.89 bits per heavy atom. The number of pyridine rings is 1. The molecular weight excluding hydrogens is 248 g/mol. The van der Waals surface area contributed by atoms with Gasteiger partial charge in [0.15, 0.2) is 5.78 Å². The summed E-state index contributed by atoms with van der Waals surface area (Å²) in [4.78, 5) is 16.5. The highest BCUT2D eigenvalue weighted by atomic mass is 35.5. The van der Waals surface area contributed by atoms with Crippen molar-refractivity contribution in [3.63, 3.8) is 0 Å². The summed E-state index contributed by atoms with van der Waals surface area (Å²) in [6, 6.07) is 8.93. The molecule has 0 saturated carbocycles. The normalized spacial score (nSPS) is 12.6. The second-order valence-corrected chi connectivity index (χ2v) is 4.56. The Bertz CT molecular complexity index is 583. The summed E-state index contributed by atoms with van der Waals surface area (Å²) in [6.07, 6.45) is 0. The number of carbonyl (C=O) groups excluding carboxylic acids is 1. The zero-order valence-corrected chi connectivity index (χ0v) is 11.2. The van der Waals surface area contributed by atoms with Crippen molar-refractivity contribution < 1.29 is 4.79 Å². The molecule has 0 bridgehead atoms. The number of halogens is 1. The van der Waals surface area contributed by atoms with Gasteiger partial charge in [0, 0.05) is 5.39 Å². The maximum Gasteiger partial charge on any atom is 0.197 e. The number of nitrogens with one attached hydrogen (secondary N) is 1. The number of likely N-dealkylation sites (N-methyl/N-ethyl adjacent to an activating group) is 1. The predicted octanol–water partition coefficient (Wildman–Crippen LogP) is 3.07. The summed E-state index contributed by atoms with van der Waals surface area (Å²) >= 11 is 6.18.